The molecule has 3 aromatic rings. The van der Waals surface area contributed by atoms with Gasteiger partial charge in [0.2, 0.25) is 11.8 Å². The zero-order chi connectivity index (χ0) is 30.0. The lowest BCUT2D eigenvalue weighted by atomic mass is 10.1. The first-order valence-corrected chi connectivity index (χ1v) is 15.6. The summed E-state index contributed by atoms with van der Waals surface area (Å²) < 4.78 is 34.8. The molecule has 0 bridgehead atoms. The van der Waals surface area contributed by atoms with Crippen molar-refractivity contribution in [2.45, 2.75) is 51.1 Å². The monoisotopic (exact) mass is 619 g/mol. The van der Waals surface area contributed by atoms with Crippen LogP contribution in [0.25, 0.3) is 0 Å². The first-order chi connectivity index (χ1) is 19.6. The number of halogens is 2. The van der Waals surface area contributed by atoms with Gasteiger partial charge in [-0.15, -0.1) is 0 Å². The van der Waals surface area contributed by atoms with Crippen molar-refractivity contribution in [1.29, 1.82) is 0 Å². The molecular formula is C30H35Cl2N3O5S. The molecule has 0 radical (unpaired) electrons. The number of carbonyl (C=O) groups excluding carboxylic acids is 2. The van der Waals surface area contributed by atoms with Crippen molar-refractivity contribution in [3.8, 4) is 5.75 Å². The van der Waals surface area contributed by atoms with E-state index >= 15 is 0 Å². The van der Waals surface area contributed by atoms with Crippen molar-refractivity contribution >= 4 is 50.7 Å². The summed E-state index contributed by atoms with van der Waals surface area (Å²) in [4.78, 5) is 28.7. The second-order valence-corrected chi connectivity index (χ2v) is 12.0. The van der Waals surface area contributed by atoms with Gasteiger partial charge in [0.1, 0.15) is 18.3 Å². The third kappa shape index (κ3) is 8.38. The van der Waals surface area contributed by atoms with Gasteiger partial charge in [-0.2, -0.15) is 0 Å². The van der Waals surface area contributed by atoms with Crippen molar-refractivity contribution in [2.75, 3.05) is 24.0 Å². The lowest BCUT2D eigenvalue weighted by Gasteiger charge is -2.33. The largest absolute Gasteiger partial charge is 0.492 e. The van der Waals surface area contributed by atoms with E-state index in [0.717, 1.165) is 16.3 Å². The highest BCUT2D eigenvalue weighted by atomic mass is 35.5. The molecule has 1 atom stereocenters. The van der Waals surface area contributed by atoms with Crippen LogP contribution in [0.4, 0.5) is 5.69 Å². The standard InChI is InChI=1S/C30H35Cl2N3O5S/c1-4-19-33-30(37)26(5-2)34(20-22-11-13-23(31)14-12-22)29(36)21-35(27-9-7-8-10-28(27)40-6-3)41(38,39)25-17-15-24(32)16-18-25/h7-18,26H,4-6,19-21H2,1-3H3,(H,33,37). The van der Waals surface area contributed by atoms with E-state index in [-0.39, 0.29) is 29.6 Å². The van der Waals surface area contributed by atoms with Gasteiger partial charge in [0.15, 0.2) is 0 Å². The van der Waals surface area contributed by atoms with Gasteiger partial charge in [-0.05, 0) is 73.9 Å². The molecule has 0 aliphatic carbocycles. The number of ether oxygens (including phenoxy) is 1. The van der Waals surface area contributed by atoms with Crippen LogP contribution in [0.3, 0.4) is 0 Å². The SMILES string of the molecule is CCCNC(=O)C(CC)N(Cc1ccc(Cl)cc1)C(=O)CN(c1ccccc1OCC)S(=O)(=O)c1ccc(Cl)cc1. The number of amides is 2. The zero-order valence-corrected chi connectivity index (χ0v) is 25.7. The summed E-state index contributed by atoms with van der Waals surface area (Å²) in [6.45, 7) is 5.79. The fourth-order valence-corrected chi connectivity index (χ4v) is 5.94. The maximum Gasteiger partial charge on any atom is 0.264 e. The van der Waals surface area contributed by atoms with Crippen molar-refractivity contribution in [2.24, 2.45) is 0 Å². The second kappa shape index (κ2) is 15.1. The summed E-state index contributed by atoms with van der Waals surface area (Å²) in [6.07, 6.45) is 1.06. The smallest absolute Gasteiger partial charge is 0.264 e. The fourth-order valence-electron chi connectivity index (χ4n) is 4.26. The molecule has 0 saturated carbocycles. The number of sulfonamides is 1. The Hall–Kier alpha value is -3.27. The van der Waals surface area contributed by atoms with E-state index in [9.17, 15) is 18.0 Å². The predicted molar refractivity (Wildman–Crippen MR) is 163 cm³/mol. The van der Waals surface area contributed by atoms with Crippen LogP contribution >= 0.6 is 23.2 Å². The Kier molecular flexibility index (Phi) is 11.9. The predicted octanol–water partition coefficient (Wildman–Crippen LogP) is 5.92. The van der Waals surface area contributed by atoms with E-state index in [1.165, 1.54) is 29.2 Å². The van der Waals surface area contributed by atoms with Crippen LogP contribution in [0.1, 0.15) is 39.2 Å². The summed E-state index contributed by atoms with van der Waals surface area (Å²) in [5.41, 5.74) is 0.943. The van der Waals surface area contributed by atoms with Gasteiger partial charge in [0.25, 0.3) is 10.0 Å². The van der Waals surface area contributed by atoms with Crippen LogP contribution in [0.15, 0.2) is 77.7 Å². The highest BCUT2D eigenvalue weighted by molar-refractivity contribution is 7.92. The number of hydrogen-bond donors (Lipinski definition) is 1. The van der Waals surface area contributed by atoms with E-state index in [0.29, 0.717) is 28.8 Å². The molecule has 1 N–H and O–H groups in total. The minimum atomic E-state index is -4.26. The van der Waals surface area contributed by atoms with E-state index in [2.05, 4.69) is 5.32 Å². The third-order valence-corrected chi connectivity index (χ3v) is 8.59. The zero-order valence-electron chi connectivity index (χ0n) is 23.3. The molecule has 11 heteroatoms. The molecule has 0 spiro atoms. The Labute approximate surface area is 252 Å². The first-order valence-electron chi connectivity index (χ1n) is 13.4. The molecule has 0 heterocycles. The highest BCUT2D eigenvalue weighted by Crippen LogP contribution is 2.33. The molecule has 2 amide bonds. The number of rotatable bonds is 14. The molecule has 3 aromatic carbocycles. The summed E-state index contributed by atoms with van der Waals surface area (Å²) in [7, 11) is -4.26. The van der Waals surface area contributed by atoms with Gasteiger partial charge in [-0.1, -0.05) is 61.3 Å². The number of nitrogens with one attached hydrogen (secondary N) is 1. The van der Waals surface area contributed by atoms with Crippen LogP contribution in [-0.4, -0.2) is 50.9 Å². The minimum absolute atomic E-state index is 0.0435. The molecule has 0 fully saturated rings. The van der Waals surface area contributed by atoms with Gasteiger partial charge in [0.05, 0.1) is 17.2 Å². The molecule has 0 saturated heterocycles. The Balaban J connectivity index is 2.09. The van der Waals surface area contributed by atoms with Crippen LogP contribution in [0.5, 0.6) is 5.75 Å². The lowest BCUT2D eigenvalue weighted by Crippen LogP contribution is -2.52. The summed E-state index contributed by atoms with van der Waals surface area (Å²) in [6, 6.07) is 18.5. The van der Waals surface area contributed by atoms with E-state index < -0.39 is 28.5 Å². The Bertz CT molecular complexity index is 1420. The number of anilines is 1. The summed E-state index contributed by atoms with van der Waals surface area (Å²) in [5, 5.41) is 3.78. The number of benzene rings is 3. The molecule has 3 rings (SSSR count). The summed E-state index contributed by atoms with van der Waals surface area (Å²) in [5.74, 6) is -0.557. The molecule has 41 heavy (non-hydrogen) atoms. The van der Waals surface area contributed by atoms with Crippen LogP contribution in [0.2, 0.25) is 10.0 Å². The highest BCUT2D eigenvalue weighted by Gasteiger charge is 2.34. The second-order valence-electron chi connectivity index (χ2n) is 9.23. The molecule has 8 nitrogen and oxygen atoms in total. The van der Waals surface area contributed by atoms with Crippen LogP contribution < -0.4 is 14.4 Å². The van der Waals surface area contributed by atoms with Crippen molar-refractivity contribution in [3.05, 3.63) is 88.4 Å². The van der Waals surface area contributed by atoms with Crippen molar-refractivity contribution in [3.63, 3.8) is 0 Å². The maximum absolute atomic E-state index is 14.1. The molecular weight excluding hydrogens is 585 g/mol. The number of nitrogens with zero attached hydrogens (tertiary/aromatic N) is 2. The average Bonchev–Trinajstić information content (AvgIpc) is 2.96. The minimum Gasteiger partial charge on any atom is -0.492 e. The van der Waals surface area contributed by atoms with E-state index in [1.54, 1.807) is 55.5 Å². The molecule has 0 aromatic heterocycles. The molecule has 0 aliphatic rings. The van der Waals surface area contributed by atoms with Gasteiger partial charge in [0, 0.05) is 23.1 Å². The Morgan fingerprint density at radius 1 is 0.902 bits per heavy atom. The van der Waals surface area contributed by atoms with Gasteiger partial charge in [-0.3, -0.25) is 13.9 Å². The Morgan fingerprint density at radius 3 is 2.10 bits per heavy atom. The molecule has 0 aliphatic heterocycles. The number of para-hydroxylation sites is 2. The Morgan fingerprint density at radius 2 is 1.51 bits per heavy atom. The maximum atomic E-state index is 14.1. The van der Waals surface area contributed by atoms with E-state index in [4.69, 9.17) is 27.9 Å². The lowest BCUT2D eigenvalue weighted by molar-refractivity contribution is -0.140. The average molecular weight is 621 g/mol. The molecule has 220 valence electrons. The van der Waals surface area contributed by atoms with Crippen molar-refractivity contribution in [1.82, 2.24) is 10.2 Å². The van der Waals surface area contributed by atoms with Crippen LogP contribution in [-0.2, 0) is 26.2 Å². The molecule has 1 unspecified atom stereocenters. The van der Waals surface area contributed by atoms with Crippen LogP contribution in [0, 0.1) is 0 Å². The van der Waals surface area contributed by atoms with Crippen molar-refractivity contribution < 1.29 is 22.7 Å². The van der Waals surface area contributed by atoms with Gasteiger partial charge in [-0.25, -0.2) is 8.42 Å². The number of hydrogen-bond acceptors (Lipinski definition) is 5. The quantitative estimate of drug-likeness (QED) is 0.242. The summed E-state index contributed by atoms with van der Waals surface area (Å²) >= 11 is 12.1. The number of carbonyl (C=O) groups is 2. The fraction of sp³-hybridized carbons (Fsp3) is 0.333. The normalized spacial score (nSPS) is 11.9. The first kappa shape index (κ1) is 32.2. The third-order valence-electron chi connectivity index (χ3n) is 6.32. The van der Waals surface area contributed by atoms with E-state index in [1.807, 2.05) is 13.8 Å². The topological polar surface area (TPSA) is 96.0 Å². The van der Waals surface area contributed by atoms with Gasteiger partial charge >= 0.3 is 0 Å². The van der Waals surface area contributed by atoms with Gasteiger partial charge < -0.3 is 15.0 Å².